The summed E-state index contributed by atoms with van der Waals surface area (Å²) in [6, 6.07) is 14.6. The van der Waals surface area contributed by atoms with E-state index in [0.717, 1.165) is 11.1 Å². The highest BCUT2D eigenvalue weighted by Crippen LogP contribution is 2.36. The number of hydrogen-bond donors (Lipinski definition) is 0. The van der Waals surface area contributed by atoms with Crippen LogP contribution in [0.1, 0.15) is 18.1 Å². The monoisotopic (exact) mass is 317 g/mol. The molecule has 1 unspecified atom stereocenters. The van der Waals surface area contributed by atoms with E-state index in [9.17, 15) is 8.42 Å². The molecule has 0 amide bonds. The molecule has 4 nitrogen and oxygen atoms in total. The smallest absolute Gasteiger partial charge is 0.239 e. The van der Waals surface area contributed by atoms with E-state index in [0.29, 0.717) is 18.0 Å². The average molecular weight is 317 g/mol. The van der Waals surface area contributed by atoms with Crippen molar-refractivity contribution in [2.75, 3.05) is 10.9 Å². The average Bonchev–Trinajstić information content (AvgIpc) is 2.49. The molecule has 116 valence electrons. The summed E-state index contributed by atoms with van der Waals surface area (Å²) in [5.74, 6) is 0.611. The van der Waals surface area contributed by atoms with Gasteiger partial charge in [-0.1, -0.05) is 42.0 Å². The van der Waals surface area contributed by atoms with Gasteiger partial charge in [0.2, 0.25) is 10.0 Å². The normalized spacial score (nSPS) is 17.7. The van der Waals surface area contributed by atoms with Gasteiger partial charge in [0.1, 0.15) is 12.4 Å². The fraction of sp³-hybridized carbons (Fsp3) is 0.294. The van der Waals surface area contributed by atoms with E-state index >= 15 is 0 Å². The zero-order valence-corrected chi connectivity index (χ0v) is 13.5. The van der Waals surface area contributed by atoms with Gasteiger partial charge in [-0.15, -0.1) is 0 Å². The van der Waals surface area contributed by atoms with Crippen molar-refractivity contribution < 1.29 is 13.2 Å². The lowest BCUT2D eigenvalue weighted by atomic mass is 10.2. The summed E-state index contributed by atoms with van der Waals surface area (Å²) in [4.78, 5) is 0. The summed E-state index contributed by atoms with van der Waals surface area (Å²) in [5, 5.41) is 0. The molecule has 1 aliphatic heterocycles. The number of nitrogens with zero attached hydrogens (tertiary/aromatic N) is 1. The highest BCUT2D eigenvalue weighted by atomic mass is 32.2. The Bertz CT molecular complexity index is 769. The number of ether oxygens (including phenoxy) is 1. The van der Waals surface area contributed by atoms with E-state index in [4.69, 9.17) is 4.74 Å². The molecule has 0 fully saturated rings. The van der Waals surface area contributed by atoms with Crippen LogP contribution in [0.25, 0.3) is 0 Å². The van der Waals surface area contributed by atoms with Crippen molar-refractivity contribution in [3.8, 4) is 5.75 Å². The quantitative estimate of drug-likeness (QED) is 0.874. The first-order chi connectivity index (χ1) is 10.5. The van der Waals surface area contributed by atoms with Gasteiger partial charge in [0.25, 0.3) is 0 Å². The molecule has 22 heavy (non-hydrogen) atoms. The van der Waals surface area contributed by atoms with Crippen LogP contribution >= 0.6 is 0 Å². The van der Waals surface area contributed by atoms with Crippen molar-refractivity contribution in [3.63, 3.8) is 0 Å². The second kappa shape index (κ2) is 5.65. The van der Waals surface area contributed by atoms with Gasteiger partial charge in [-0.05, 0) is 31.5 Å². The van der Waals surface area contributed by atoms with Crippen LogP contribution < -0.4 is 9.04 Å². The third kappa shape index (κ3) is 2.81. The number of rotatable bonds is 3. The number of aryl methyl sites for hydroxylation is 1. The highest BCUT2D eigenvalue weighted by molar-refractivity contribution is 7.92. The van der Waals surface area contributed by atoms with Crippen molar-refractivity contribution in [3.05, 3.63) is 59.7 Å². The lowest BCUT2D eigenvalue weighted by Crippen LogP contribution is -2.45. The Kier molecular flexibility index (Phi) is 3.83. The van der Waals surface area contributed by atoms with E-state index in [1.807, 2.05) is 50.2 Å². The van der Waals surface area contributed by atoms with E-state index in [1.54, 1.807) is 12.1 Å². The molecule has 1 heterocycles. The van der Waals surface area contributed by atoms with Gasteiger partial charge < -0.3 is 4.74 Å². The molecule has 5 heteroatoms. The molecule has 0 saturated carbocycles. The van der Waals surface area contributed by atoms with Gasteiger partial charge in [0.05, 0.1) is 17.5 Å². The van der Waals surface area contributed by atoms with Crippen molar-refractivity contribution in [2.45, 2.75) is 25.6 Å². The Hall–Kier alpha value is -2.01. The Morgan fingerprint density at radius 1 is 1.14 bits per heavy atom. The van der Waals surface area contributed by atoms with Crippen LogP contribution in [-0.4, -0.2) is 21.1 Å². The first-order valence-corrected chi connectivity index (χ1v) is 8.88. The summed E-state index contributed by atoms with van der Waals surface area (Å²) in [6.07, 6.45) is 0. The summed E-state index contributed by atoms with van der Waals surface area (Å²) in [6.45, 7) is 4.21. The Morgan fingerprint density at radius 2 is 1.82 bits per heavy atom. The number of hydrogen-bond acceptors (Lipinski definition) is 3. The molecule has 0 bridgehead atoms. The minimum atomic E-state index is -3.46. The minimum Gasteiger partial charge on any atom is -0.489 e. The maximum absolute atomic E-state index is 12.9. The Labute approximate surface area is 131 Å². The van der Waals surface area contributed by atoms with Crippen LogP contribution in [0.15, 0.2) is 48.5 Å². The van der Waals surface area contributed by atoms with Gasteiger partial charge in [-0.3, -0.25) is 4.31 Å². The molecule has 0 aromatic heterocycles. The van der Waals surface area contributed by atoms with E-state index < -0.39 is 10.0 Å². The maximum atomic E-state index is 12.9. The standard InChI is InChI=1S/C17H19NO3S/c1-13-7-9-15(10-8-13)12-22(19,20)18-14(2)11-21-17-6-4-3-5-16(17)18/h3-10,14H,11-12H2,1-2H3. The van der Waals surface area contributed by atoms with Gasteiger partial charge in [-0.25, -0.2) is 8.42 Å². The van der Waals surface area contributed by atoms with Crippen LogP contribution in [0.2, 0.25) is 0 Å². The summed E-state index contributed by atoms with van der Waals surface area (Å²) < 4.78 is 32.9. The predicted molar refractivity (Wildman–Crippen MR) is 87.7 cm³/mol. The van der Waals surface area contributed by atoms with Crippen LogP contribution in [0, 0.1) is 6.92 Å². The molecule has 1 aliphatic rings. The third-order valence-electron chi connectivity index (χ3n) is 3.75. The molecular formula is C17H19NO3S. The first kappa shape index (κ1) is 14.9. The SMILES string of the molecule is Cc1ccc(CS(=O)(=O)N2c3ccccc3OCC2C)cc1. The zero-order valence-electron chi connectivity index (χ0n) is 12.7. The van der Waals surface area contributed by atoms with E-state index in [-0.39, 0.29) is 11.8 Å². The number of para-hydroxylation sites is 2. The van der Waals surface area contributed by atoms with Crippen LogP contribution in [0.3, 0.4) is 0 Å². The van der Waals surface area contributed by atoms with Crippen molar-refractivity contribution in [1.82, 2.24) is 0 Å². The minimum absolute atomic E-state index is 0.00798. The maximum Gasteiger partial charge on any atom is 0.239 e. The van der Waals surface area contributed by atoms with E-state index in [2.05, 4.69) is 0 Å². The number of anilines is 1. The Balaban J connectivity index is 1.96. The predicted octanol–water partition coefficient (Wildman–Crippen LogP) is 3.11. The topological polar surface area (TPSA) is 46.6 Å². The van der Waals surface area contributed by atoms with Gasteiger partial charge in [0.15, 0.2) is 0 Å². The van der Waals surface area contributed by atoms with Gasteiger partial charge in [-0.2, -0.15) is 0 Å². The van der Waals surface area contributed by atoms with Gasteiger partial charge in [0, 0.05) is 0 Å². The highest BCUT2D eigenvalue weighted by Gasteiger charge is 2.33. The molecule has 1 atom stereocenters. The number of sulfonamides is 1. The molecule has 0 aliphatic carbocycles. The molecular weight excluding hydrogens is 298 g/mol. The number of fused-ring (bicyclic) bond motifs is 1. The lowest BCUT2D eigenvalue weighted by molar-refractivity contribution is 0.281. The second-order valence-corrected chi connectivity index (χ2v) is 7.51. The fourth-order valence-electron chi connectivity index (χ4n) is 2.67. The van der Waals surface area contributed by atoms with Gasteiger partial charge >= 0.3 is 0 Å². The Morgan fingerprint density at radius 3 is 2.55 bits per heavy atom. The summed E-state index contributed by atoms with van der Waals surface area (Å²) >= 11 is 0. The second-order valence-electron chi connectivity index (χ2n) is 5.67. The van der Waals surface area contributed by atoms with Crippen molar-refractivity contribution >= 4 is 15.7 Å². The molecule has 0 radical (unpaired) electrons. The van der Waals surface area contributed by atoms with Crippen LogP contribution in [0.5, 0.6) is 5.75 Å². The molecule has 0 spiro atoms. The molecule has 2 aromatic carbocycles. The van der Waals surface area contributed by atoms with E-state index in [1.165, 1.54) is 4.31 Å². The molecule has 0 N–H and O–H groups in total. The fourth-order valence-corrected chi connectivity index (χ4v) is 4.48. The number of benzene rings is 2. The van der Waals surface area contributed by atoms with Crippen LogP contribution in [0.4, 0.5) is 5.69 Å². The molecule has 2 aromatic rings. The van der Waals surface area contributed by atoms with Crippen LogP contribution in [-0.2, 0) is 15.8 Å². The van der Waals surface area contributed by atoms with Crippen molar-refractivity contribution in [2.24, 2.45) is 0 Å². The largest absolute Gasteiger partial charge is 0.489 e. The third-order valence-corrected chi connectivity index (χ3v) is 5.61. The lowest BCUT2D eigenvalue weighted by Gasteiger charge is -2.35. The zero-order chi connectivity index (χ0) is 15.7. The molecule has 3 rings (SSSR count). The van der Waals surface area contributed by atoms with Crippen molar-refractivity contribution in [1.29, 1.82) is 0 Å². The molecule has 0 saturated heterocycles. The summed E-state index contributed by atoms with van der Waals surface area (Å²) in [7, 11) is -3.46. The summed E-state index contributed by atoms with van der Waals surface area (Å²) in [5.41, 5.74) is 2.53. The first-order valence-electron chi connectivity index (χ1n) is 7.27.